The van der Waals surface area contributed by atoms with Crippen molar-refractivity contribution in [3.63, 3.8) is 0 Å². The topological polar surface area (TPSA) is 56.8 Å². The van der Waals surface area contributed by atoms with Crippen LogP contribution in [0.5, 0.6) is 17.2 Å². The molecular weight excluding hydrogens is 306 g/mol. The van der Waals surface area contributed by atoms with Crippen LogP contribution in [0.15, 0.2) is 48.5 Å². The molecule has 3 rings (SSSR count). The maximum Gasteiger partial charge on any atom is 0.265 e. The number of hydrogen-bond donors (Lipinski definition) is 1. The van der Waals surface area contributed by atoms with Crippen molar-refractivity contribution >= 4 is 5.91 Å². The second kappa shape index (κ2) is 7.25. The van der Waals surface area contributed by atoms with Crippen molar-refractivity contribution in [2.24, 2.45) is 0 Å². The van der Waals surface area contributed by atoms with Gasteiger partial charge in [0.25, 0.3) is 5.91 Å². The number of ether oxygens (including phenoxy) is 3. The van der Waals surface area contributed by atoms with E-state index in [1.165, 1.54) is 0 Å². The van der Waals surface area contributed by atoms with Gasteiger partial charge in [-0.25, -0.2) is 0 Å². The quantitative estimate of drug-likeness (QED) is 0.917. The summed E-state index contributed by atoms with van der Waals surface area (Å²) in [5, 5.41) is 2.90. The van der Waals surface area contributed by atoms with Gasteiger partial charge in [-0.15, -0.1) is 0 Å². The highest BCUT2D eigenvalue weighted by atomic mass is 16.6. The standard InChI is InChI=1S/C19H21NO4/c1-13-7-3-4-8-15(13)22-11-14(2)20-19(21)18-12-23-16-9-5-6-10-17(16)24-18/h3-10,14,18H,11-12H2,1-2H3,(H,20,21)/t14-,18+/m0/s1. The van der Waals surface area contributed by atoms with E-state index in [4.69, 9.17) is 14.2 Å². The second-order valence-corrected chi connectivity index (χ2v) is 5.85. The summed E-state index contributed by atoms with van der Waals surface area (Å²) in [5.41, 5.74) is 1.07. The molecule has 5 heteroatoms. The van der Waals surface area contributed by atoms with Gasteiger partial charge in [-0.2, -0.15) is 0 Å². The lowest BCUT2D eigenvalue weighted by molar-refractivity contribution is -0.131. The molecule has 0 saturated carbocycles. The minimum absolute atomic E-state index is 0.141. The molecule has 2 aromatic carbocycles. The van der Waals surface area contributed by atoms with Crippen LogP contribution < -0.4 is 19.5 Å². The van der Waals surface area contributed by atoms with Crippen molar-refractivity contribution in [1.29, 1.82) is 0 Å². The highest BCUT2D eigenvalue weighted by molar-refractivity contribution is 5.82. The van der Waals surface area contributed by atoms with Crippen molar-refractivity contribution in [3.8, 4) is 17.2 Å². The van der Waals surface area contributed by atoms with Gasteiger partial charge in [0, 0.05) is 0 Å². The van der Waals surface area contributed by atoms with Gasteiger partial charge in [0.15, 0.2) is 11.5 Å². The molecular formula is C19H21NO4. The number of nitrogens with one attached hydrogen (secondary N) is 1. The molecule has 5 nitrogen and oxygen atoms in total. The van der Waals surface area contributed by atoms with Crippen LogP contribution in [0.25, 0.3) is 0 Å². The summed E-state index contributed by atoms with van der Waals surface area (Å²) in [4.78, 5) is 12.3. The number of hydrogen-bond acceptors (Lipinski definition) is 4. The third-order valence-electron chi connectivity index (χ3n) is 3.77. The fourth-order valence-corrected chi connectivity index (χ4v) is 2.46. The van der Waals surface area contributed by atoms with Gasteiger partial charge in [0.05, 0.1) is 6.04 Å². The number of fused-ring (bicyclic) bond motifs is 1. The van der Waals surface area contributed by atoms with Gasteiger partial charge in [-0.05, 0) is 37.6 Å². The smallest absolute Gasteiger partial charge is 0.265 e. The highest BCUT2D eigenvalue weighted by Crippen LogP contribution is 2.30. The maximum atomic E-state index is 12.3. The van der Waals surface area contributed by atoms with E-state index >= 15 is 0 Å². The summed E-state index contributed by atoms with van der Waals surface area (Å²) in [6.07, 6.45) is -0.652. The Morgan fingerprint density at radius 2 is 1.92 bits per heavy atom. The Kier molecular flexibility index (Phi) is 4.89. The summed E-state index contributed by atoms with van der Waals surface area (Å²) < 4.78 is 17.0. The first kappa shape index (κ1) is 16.2. The van der Waals surface area contributed by atoms with E-state index in [1.807, 2.05) is 56.3 Å². The normalized spacial score (nSPS) is 17.0. The zero-order valence-corrected chi connectivity index (χ0v) is 13.8. The van der Waals surface area contributed by atoms with Crippen molar-refractivity contribution in [2.75, 3.05) is 13.2 Å². The van der Waals surface area contributed by atoms with Gasteiger partial charge < -0.3 is 19.5 Å². The van der Waals surface area contributed by atoms with E-state index in [2.05, 4.69) is 5.32 Å². The molecule has 0 spiro atoms. The van der Waals surface area contributed by atoms with E-state index in [-0.39, 0.29) is 18.6 Å². The van der Waals surface area contributed by atoms with Crippen molar-refractivity contribution < 1.29 is 19.0 Å². The Hall–Kier alpha value is -2.69. The number of amides is 1. The Morgan fingerprint density at radius 3 is 2.71 bits per heavy atom. The Labute approximate surface area is 141 Å². The van der Waals surface area contributed by atoms with Crippen LogP contribution in [0, 0.1) is 6.92 Å². The van der Waals surface area contributed by atoms with E-state index in [9.17, 15) is 4.79 Å². The summed E-state index contributed by atoms with van der Waals surface area (Å²) >= 11 is 0. The maximum absolute atomic E-state index is 12.3. The van der Waals surface area contributed by atoms with Gasteiger partial charge in [-0.1, -0.05) is 30.3 Å². The summed E-state index contributed by atoms with van der Waals surface area (Å²) in [6.45, 7) is 4.48. The van der Waals surface area contributed by atoms with Crippen LogP contribution in [0.2, 0.25) is 0 Å². The molecule has 2 atom stereocenters. The molecule has 1 aliphatic heterocycles. The van der Waals surface area contributed by atoms with Crippen molar-refractivity contribution in [1.82, 2.24) is 5.32 Å². The Morgan fingerprint density at radius 1 is 1.21 bits per heavy atom. The number of carbonyl (C=O) groups excluding carboxylic acids is 1. The van der Waals surface area contributed by atoms with Gasteiger partial charge >= 0.3 is 0 Å². The molecule has 1 N–H and O–H groups in total. The predicted octanol–water partition coefficient (Wildman–Crippen LogP) is 2.72. The Balaban J connectivity index is 1.51. The minimum Gasteiger partial charge on any atom is -0.491 e. The average Bonchev–Trinajstić information content (AvgIpc) is 2.60. The highest BCUT2D eigenvalue weighted by Gasteiger charge is 2.28. The van der Waals surface area contributed by atoms with E-state index in [1.54, 1.807) is 6.07 Å². The number of carbonyl (C=O) groups is 1. The van der Waals surface area contributed by atoms with Crippen molar-refractivity contribution in [2.45, 2.75) is 26.0 Å². The van der Waals surface area contributed by atoms with Crippen LogP contribution in [0.1, 0.15) is 12.5 Å². The lowest BCUT2D eigenvalue weighted by Crippen LogP contribution is -2.48. The molecule has 0 unspecified atom stereocenters. The molecule has 1 aliphatic rings. The predicted molar refractivity (Wildman–Crippen MR) is 90.6 cm³/mol. The van der Waals surface area contributed by atoms with Crippen molar-refractivity contribution in [3.05, 3.63) is 54.1 Å². The van der Waals surface area contributed by atoms with Crippen LogP contribution in [-0.2, 0) is 4.79 Å². The zero-order valence-electron chi connectivity index (χ0n) is 13.8. The molecule has 0 aromatic heterocycles. The summed E-state index contributed by atoms with van der Waals surface area (Å²) in [5.74, 6) is 1.88. The first-order valence-corrected chi connectivity index (χ1v) is 8.01. The molecule has 1 amide bonds. The molecule has 0 saturated heterocycles. The fraction of sp³-hybridized carbons (Fsp3) is 0.316. The lowest BCUT2D eigenvalue weighted by Gasteiger charge is -2.26. The van der Waals surface area contributed by atoms with Crippen LogP contribution in [0.4, 0.5) is 0 Å². The molecule has 126 valence electrons. The lowest BCUT2D eigenvalue weighted by atomic mass is 10.2. The molecule has 0 fully saturated rings. The molecule has 24 heavy (non-hydrogen) atoms. The third kappa shape index (κ3) is 3.79. The monoisotopic (exact) mass is 327 g/mol. The molecule has 1 heterocycles. The number of para-hydroxylation sites is 3. The number of rotatable bonds is 5. The van der Waals surface area contributed by atoms with Gasteiger partial charge in [0.1, 0.15) is 19.0 Å². The third-order valence-corrected chi connectivity index (χ3v) is 3.77. The number of aryl methyl sites for hydroxylation is 1. The average molecular weight is 327 g/mol. The SMILES string of the molecule is Cc1ccccc1OC[C@H](C)NC(=O)[C@H]1COc2ccccc2O1. The van der Waals surface area contributed by atoms with Crippen LogP contribution >= 0.6 is 0 Å². The largest absolute Gasteiger partial charge is 0.491 e. The van der Waals surface area contributed by atoms with E-state index in [0.717, 1.165) is 11.3 Å². The second-order valence-electron chi connectivity index (χ2n) is 5.85. The van der Waals surface area contributed by atoms with Crippen LogP contribution in [0.3, 0.4) is 0 Å². The molecule has 0 radical (unpaired) electrons. The first-order chi connectivity index (χ1) is 11.6. The first-order valence-electron chi connectivity index (χ1n) is 8.01. The number of benzene rings is 2. The van der Waals surface area contributed by atoms with E-state index in [0.29, 0.717) is 18.1 Å². The van der Waals surface area contributed by atoms with Gasteiger partial charge in [-0.3, -0.25) is 4.79 Å². The minimum atomic E-state index is -0.652. The fourth-order valence-electron chi connectivity index (χ4n) is 2.46. The molecule has 0 aliphatic carbocycles. The molecule has 0 bridgehead atoms. The summed E-state index contributed by atoms with van der Waals surface area (Å²) in [7, 11) is 0. The van der Waals surface area contributed by atoms with Gasteiger partial charge in [0.2, 0.25) is 6.10 Å². The zero-order chi connectivity index (χ0) is 16.9. The summed E-state index contributed by atoms with van der Waals surface area (Å²) in [6, 6.07) is 15.0. The molecule has 2 aromatic rings. The van der Waals surface area contributed by atoms with E-state index < -0.39 is 6.10 Å². The Bertz CT molecular complexity index is 716. The van der Waals surface area contributed by atoms with Crippen LogP contribution in [-0.4, -0.2) is 31.3 Å².